The Morgan fingerprint density at radius 2 is 2.10 bits per heavy atom. The summed E-state index contributed by atoms with van der Waals surface area (Å²) in [5.41, 5.74) is 6.50. The topological polar surface area (TPSA) is 71.2 Å². The zero-order valence-electron chi connectivity index (χ0n) is 12.3. The molecule has 1 saturated carbocycles. The number of carbonyl (C=O) groups excluding carboxylic acids is 1. The highest BCUT2D eigenvalue weighted by Crippen LogP contribution is 2.29. The van der Waals surface area contributed by atoms with E-state index >= 15 is 0 Å². The number of anilines is 2. The van der Waals surface area contributed by atoms with Crippen molar-refractivity contribution in [3.05, 3.63) is 18.3 Å². The first-order chi connectivity index (χ1) is 9.60. The molecular weight excluding hydrogens is 252 g/mol. The molecule has 1 aliphatic carbocycles. The molecule has 110 valence electrons. The second kappa shape index (κ2) is 6.70. The molecule has 0 atom stereocenters. The molecule has 3 N–H and O–H groups in total. The van der Waals surface area contributed by atoms with Crippen LogP contribution in [-0.2, 0) is 4.79 Å². The number of rotatable bonds is 4. The van der Waals surface area contributed by atoms with Gasteiger partial charge in [-0.2, -0.15) is 0 Å². The van der Waals surface area contributed by atoms with Crippen molar-refractivity contribution in [1.82, 2.24) is 4.98 Å². The molecule has 1 aliphatic rings. The minimum absolute atomic E-state index is 0.119. The standard InChI is InChI=1S/C15H24N4O/c1-19(2)14-9-13(7-8-17-14)18-15(20)12-5-3-11(10-16)4-6-12/h7-9,11-12H,3-6,10,16H2,1-2H3,(H,17,18,20)/t11-,12-. The van der Waals surface area contributed by atoms with Crippen molar-refractivity contribution in [3.8, 4) is 0 Å². The van der Waals surface area contributed by atoms with E-state index in [9.17, 15) is 4.79 Å². The normalized spacial score (nSPS) is 22.4. The molecule has 5 nitrogen and oxygen atoms in total. The number of hydrogen-bond donors (Lipinski definition) is 2. The number of aromatic nitrogens is 1. The van der Waals surface area contributed by atoms with Crippen LogP contribution >= 0.6 is 0 Å². The maximum atomic E-state index is 12.3. The predicted octanol–water partition coefficient (Wildman–Crippen LogP) is 1.85. The van der Waals surface area contributed by atoms with Crippen LogP contribution in [0.2, 0.25) is 0 Å². The number of nitrogens with one attached hydrogen (secondary N) is 1. The maximum absolute atomic E-state index is 12.3. The molecule has 0 radical (unpaired) electrons. The van der Waals surface area contributed by atoms with Gasteiger partial charge in [-0.1, -0.05) is 0 Å². The molecule has 0 saturated heterocycles. The van der Waals surface area contributed by atoms with E-state index < -0.39 is 0 Å². The predicted molar refractivity (Wildman–Crippen MR) is 81.7 cm³/mol. The molecule has 0 spiro atoms. The van der Waals surface area contributed by atoms with E-state index in [-0.39, 0.29) is 11.8 Å². The number of pyridine rings is 1. The van der Waals surface area contributed by atoms with Gasteiger partial charge in [0, 0.05) is 38.0 Å². The summed E-state index contributed by atoms with van der Waals surface area (Å²) < 4.78 is 0. The van der Waals surface area contributed by atoms with E-state index in [4.69, 9.17) is 5.73 Å². The van der Waals surface area contributed by atoms with Crippen LogP contribution in [0, 0.1) is 11.8 Å². The highest BCUT2D eigenvalue weighted by molar-refractivity contribution is 5.92. The molecule has 0 aliphatic heterocycles. The van der Waals surface area contributed by atoms with Crippen LogP contribution in [0.25, 0.3) is 0 Å². The summed E-state index contributed by atoms with van der Waals surface area (Å²) >= 11 is 0. The third-order valence-corrected chi connectivity index (χ3v) is 4.02. The van der Waals surface area contributed by atoms with Crippen LogP contribution in [0.3, 0.4) is 0 Å². The fourth-order valence-corrected chi connectivity index (χ4v) is 2.65. The van der Waals surface area contributed by atoms with Gasteiger partial charge in [-0.25, -0.2) is 4.98 Å². The lowest BCUT2D eigenvalue weighted by Crippen LogP contribution is -2.29. The average molecular weight is 276 g/mol. The first kappa shape index (κ1) is 14.8. The second-order valence-corrected chi connectivity index (χ2v) is 5.74. The van der Waals surface area contributed by atoms with Gasteiger partial charge in [0.2, 0.25) is 5.91 Å². The van der Waals surface area contributed by atoms with Gasteiger partial charge in [0.15, 0.2) is 0 Å². The van der Waals surface area contributed by atoms with Gasteiger partial charge in [-0.3, -0.25) is 4.79 Å². The van der Waals surface area contributed by atoms with Crippen molar-refractivity contribution in [3.63, 3.8) is 0 Å². The molecule has 20 heavy (non-hydrogen) atoms. The minimum atomic E-state index is 0.119. The van der Waals surface area contributed by atoms with Crippen LogP contribution in [0.5, 0.6) is 0 Å². The smallest absolute Gasteiger partial charge is 0.227 e. The van der Waals surface area contributed by atoms with Crippen LogP contribution in [0.1, 0.15) is 25.7 Å². The first-order valence-electron chi connectivity index (χ1n) is 7.24. The monoisotopic (exact) mass is 276 g/mol. The van der Waals surface area contributed by atoms with Crippen molar-refractivity contribution in [2.75, 3.05) is 30.9 Å². The Bertz CT molecular complexity index is 453. The summed E-state index contributed by atoms with van der Waals surface area (Å²) in [5, 5.41) is 3.00. The first-order valence-corrected chi connectivity index (χ1v) is 7.24. The van der Waals surface area contributed by atoms with Gasteiger partial charge in [0.25, 0.3) is 0 Å². The number of nitrogens with two attached hydrogens (primary N) is 1. The number of hydrogen-bond acceptors (Lipinski definition) is 4. The van der Waals surface area contributed by atoms with Crippen molar-refractivity contribution < 1.29 is 4.79 Å². The molecule has 1 heterocycles. The summed E-state index contributed by atoms with van der Waals surface area (Å²) in [4.78, 5) is 18.4. The Labute approximate surface area is 120 Å². The third-order valence-electron chi connectivity index (χ3n) is 4.02. The van der Waals surface area contributed by atoms with Gasteiger partial charge < -0.3 is 16.0 Å². The largest absolute Gasteiger partial charge is 0.363 e. The molecule has 5 heteroatoms. The van der Waals surface area contributed by atoms with E-state index in [1.807, 2.05) is 31.1 Å². The Morgan fingerprint density at radius 1 is 1.40 bits per heavy atom. The van der Waals surface area contributed by atoms with E-state index in [0.717, 1.165) is 43.7 Å². The fraction of sp³-hybridized carbons (Fsp3) is 0.600. The summed E-state index contributed by atoms with van der Waals surface area (Å²) in [6, 6.07) is 3.72. The molecule has 1 aromatic heterocycles. The fourth-order valence-electron chi connectivity index (χ4n) is 2.65. The molecule has 2 rings (SSSR count). The van der Waals surface area contributed by atoms with Crippen LogP contribution < -0.4 is 16.0 Å². The van der Waals surface area contributed by atoms with Gasteiger partial charge in [0.05, 0.1) is 0 Å². The van der Waals surface area contributed by atoms with Gasteiger partial charge >= 0.3 is 0 Å². The second-order valence-electron chi connectivity index (χ2n) is 5.74. The Balaban J connectivity index is 1.93. The molecular formula is C15H24N4O. The zero-order valence-corrected chi connectivity index (χ0v) is 12.3. The highest BCUT2D eigenvalue weighted by Gasteiger charge is 2.25. The number of nitrogens with zero attached hydrogens (tertiary/aromatic N) is 2. The van der Waals surface area contributed by atoms with Gasteiger partial charge in [-0.05, 0) is 44.2 Å². The van der Waals surface area contributed by atoms with Crippen molar-refractivity contribution in [2.24, 2.45) is 17.6 Å². The van der Waals surface area contributed by atoms with Gasteiger partial charge in [0.1, 0.15) is 5.82 Å². The number of amides is 1. The highest BCUT2D eigenvalue weighted by atomic mass is 16.1. The van der Waals surface area contributed by atoms with E-state index in [2.05, 4.69) is 10.3 Å². The maximum Gasteiger partial charge on any atom is 0.227 e. The van der Waals surface area contributed by atoms with Crippen LogP contribution in [-0.4, -0.2) is 31.5 Å². The average Bonchev–Trinajstić information content (AvgIpc) is 2.47. The van der Waals surface area contributed by atoms with E-state index in [1.165, 1.54) is 0 Å². The molecule has 0 aromatic carbocycles. The Kier molecular flexibility index (Phi) is 4.95. The summed E-state index contributed by atoms with van der Waals surface area (Å²) in [6.07, 6.45) is 5.73. The SMILES string of the molecule is CN(C)c1cc(NC(=O)[C@H]2CC[C@H](CN)CC2)ccn1. The van der Waals surface area contributed by atoms with Crippen LogP contribution in [0.4, 0.5) is 11.5 Å². The lowest BCUT2D eigenvalue weighted by molar-refractivity contribution is -0.121. The molecule has 0 bridgehead atoms. The lowest BCUT2D eigenvalue weighted by Gasteiger charge is -2.26. The number of carbonyl (C=O) groups is 1. The lowest BCUT2D eigenvalue weighted by atomic mass is 9.81. The minimum Gasteiger partial charge on any atom is -0.363 e. The van der Waals surface area contributed by atoms with Gasteiger partial charge in [-0.15, -0.1) is 0 Å². The molecule has 0 unspecified atom stereocenters. The summed E-state index contributed by atoms with van der Waals surface area (Å²) in [7, 11) is 3.87. The molecule has 1 amide bonds. The van der Waals surface area contributed by atoms with E-state index in [0.29, 0.717) is 5.92 Å². The Hall–Kier alpha value is -1.62. The quantitative estimate of drug-likeness (QED) is 0.880. The molecule has 1 fully saturated rings. The summed E-state index contributed by atoms with van der Waals surface area (Å²) in [5.74, 6) is 1.68. The van der Waals surface area contributed by atoms with Crippen molar-refractivity contribution in [1.29, 1.82) is 0 Å². The summed E-state index contributed by atoms with van der Waals surface area (Å²) in [6.45, 7) is 0.741. The van der Waals surface area contributed by atoms with E-state index in [1.54, 1.807) is 6.20 Å². The Morgan fingerprint density at radius 3 is 2.70 bits per heavy atom. The zero-order chi connectivity index (χ0) is 14.5. The third kappa shape index (κ3) is 3.70. The van der Waals surface area contributed by atoms with Crippen molar-refractivity contribution in [2.45, 2.75) is 25.7 Å². The van der Waals surface area contributed by atoms with Crippen molar-refractivity contribution >= 4 is 17.4 Å². The van der Waals surface area contributed by atoms with Crippen LogP contribution in [0.15, 0.2) is 18.3 Å². The molecule has 1 aromatic rings.